The maximum absolute atomic E-state index is 3.98. The van der Waals surface area contributed by atoms with E-state index in [4.69, 9.17) is 0 Å². The number of fused-ring (bicyclic) bond motifs is 1. The van der Waals surface area contributed by atoms with E-state index in [2.05, 4.69) is 49.0 Å². The first-order valence-electron chi connectivity index (χ1n) is 4.42. The SMILES string of the molecule is C=C(C)c1cccc2ccccc12.[CaH2]. The molecule has 0 bridgehead atoms. The minimum absolute atomic E-state index is 0. The van der Waals surface area contributed by atoms with Gasteiger partial charge in [-0.1, -0.05) is 54.6 Å². The normalized spacial score (nSPS) is 9.50. The fraction of sp³-hybridized carbons (Fsp3) is 0.0769. The van der Waals surface area contributed by atoms with Gasteiger partial charge in [0.1, 0.15) is 0 Å². The van der Waals surface area contributed by atoms with Crippen molar-refractivity contribution >= 4 is 54.1 Å². The summed E-state index contributed by atoms with van der Waals surface area (Å²) in [6, 6.07) is 14.7. The van der Waals surface area contributed by atoms with Crippen LogP contribution in [0.3, 0.4) is 0 Å². The van der Waals surface area contributed by atoms with Gasteiger partial charge in [-0.15, -0.1) is 0 Å². The summed E-state index contributed by atoms with van der Waals surface area (Å²) in [5, 5.41) is 2.57. The van der Waals surface area contributed by atoms with E-state index in [0.29, 0.717) is 0 Å². The Balaban J connectivity index is 0.000000980. The van der Waals surface area contributed by atoms with Crippen LogP contribution in [0.4, 0.5) is 0 Å². The van der Waals surface area contributed by atoms with Crippen molar-refractivity contribution < 1.29 is 0 Å². The van der Waals surface area contributed by atoms with E-state index in [-0.39, 0.29) is 37.7 Å². The molecule has 2 rings (SSSR count). The van der Waals surface area contributed by atoms with Crippen LogP contribution >= 0.6 is 0 Å². The predicted octanol–water partition coefficient (Wildman–Crippen LogP) is 2.96. The van der Waals surface area contributed by atoms with Crippen molar-refractivity contribution in [2.24, 2.45) is 0 Å². The third-order valence-electron chi connectivity index (χ3n) is 2.25. The standard InChI is InChI=1S/C13H12.Ca.2H/c1-10(2)12-9-5-7-11-6-3-4-8-13(11)12;;;/h3-9H,1H2,2H3;;;. The number of benzene rings is 2. The number of hydrogen-bond acceptors (Lipinski definition) is 0. The van der Waals surface area contributed by atoms with Gasteiger partial charge < -0.3 is 0 Å². The molecule has 2 aromatic rings. The van der Waals surface area contributed by atoms with Gasteiger partial charge in [-0.25, -0.2) is 0 Å². The molecule has 0 heterocycles. The van der Waals surface area contributed by atoms with Gasteiger partial charge in [-0.3, -0.25) is 0 Å². The zero-order valence-electron chi connectivity index (χ0n) is 7.75. The second-order valence-corrected chi connectivity index (χ2v) is 3.31. The van der Waals surface area contributed by atoms with E-state index in [1.807, 2.05) is 6.92 Å². The molecule has 0 nitrogen and oxygen atoms in total. The molecule has 1 heteroatoms. The summed E-state index contributed by atoms with van der Waals surface area (Å²) in [7, 11) is 0. The molecule has 68 valence electrons. The average Bonchev–Trinajstić information content (AvgIpc) is 2.17. The van der Waals surface area contributed by atoms with Gasteiger partial charge in [0, 0.05) is 0 Å². The molecular weight excluding hydrogens is 196 g/mol. The van der Waals surface area contributed by atoms with E-state index < -0.39 is 0 Å². The van der Waals surface area contributed by atoms with Gasteiger partial charge in [0.25, 0.3) is 0 Å². The van der Waals surface area contributed by atoms with Crippen molar-refractivity contribution in [2.75, 3.05) is 0 Å². The van der Waals surface area contributed by atoms with Crippen LogP contribution in [0.1, 0.15) is 12.5 Å². The van der Waals surface area contributed by atoms with Crippen LogP contribution < -0.4 is 0 Å². The van der Waals surface area contributed by atoms with Crippen LogP contribution in [0.2, 0.25) is 0 Å². The molecule has 0 spiro atoms. The molecule has 0 aliphatic rings. The molecule has 0 aliphatic carbocycles. The van der Waals surface area contributed by atoms with Gasteiger partial charge in [-0.2, -0.15) is 0 Å². The zero-order chi connectivity index (χ0) is 9.26. The Bertz CT molecular complexity index is 452. The van der Waals surface area contributed by atoms with E-state index in [0.717, 1.165) is 5.57 Å². The first kappa shape index (κ1) is 11.8. The molecular formula is C13H14Ca. The van der Waals surface area contributed by atoms with Crippen molar-refractivity contribution in [1.29, 1.82) is 0 Å². The van der Waals surface area contributed by atoms with Gasteiger partial charge in [0.15, 0.2) is 0 Å². The van der Waals surface area contributed by atoms with Gasteiger partial charge >= 0.3 is 37.7 Å². The van der Waals surface area contributed by atoms with Crippen LogP contribution in [-0.4, -0.2) is 37.7 Å². The van der Waals surface area contributed by atoms with E-state index >= 15 is 0 Å². The topological polar surface area (TPSA) is 0 Å². The Morgan fingerprint density at radius 1 is 1.00 bits per heavy atom. The first-order chi connectivity index (χ1) is 6.29. The Morgan fingerprint density at radius 2 is 1.64 bits per heavy atom. The molecule has 0 N–H and O–H groups in total. The van der Waals surface area contributed by atoms with Crippen molar-refractivity contribution in [3.63, 3.8) is 0 Å². The fourth-order valence-electron chi connectivity index (χ4n) is 1.60. The van der Waals surface area contributed by atoms with Crippen LogP contribution in [0.15, 0.2) is 49.0 Å². The van der Waals surface area contributed by atoms with E-state index in [9.17, 15) is 0 Å². The van der Waals surface area contributed by atoms with Crippen molar-refractivity contribution in [3.8, 4) is 0 Å². The third kappa shape index (κ3) is 2.20. The molecule has 14 heavy (non-hydrogen) atoms. The maximum atomic E-state index is 3.98. The average molecular weight is 210 g/mol. The second-order valence-electron chi connectivity index (χ2n) is 3.31. The summed E-state index contributed by atoms with van der Waals surface area (Å²) in [5.74, 6) is 0. The summed E-state index contributed by atoms with van der Waals surface area (Å²) >= 11 is 0. The zero-order valence-corrected chi connectivity index (χ0v) is 7.75. The third-order valence-corrected chi connectivity index (χ3v) is 2.25. The molecule has 0 fully saturated rings. The summed E-state index contributed by atoms with van der Waals surface area (Å²) in [5.41, 5.74) is 2.37. The summed E-state index contributed by atoms with van der Waals surface area (Å²) in [6.45, 7) is 6.02. The summed E-state index contributed by atoms with van der Waals surface area (Å²) in [4.78, 5) is 0. The number of hydrogen-bond donors (Lipinski definition) is 0. The quantitative estimate of drug-likeness (QED) is 0.635. The predicted molar refractivity (Wildman–Crippen MR) is 67.2 cm³/mol. The van der Waals surface area contributed by atoms with Gasteiger partial charge in [0.2, 0.25) is 0 Å². The van der Waals surface area contributed by atoms with Crippen molar-refractivity contribution in [2.45, 2.75) is 6.92 Å². The molecule has 0 aromatic heterocycles. The summed E-state index contributed by atoms with van der Waals surface area (Å²) < 4.78 is 0. The molecule has 0 unspecified atom stereocenters. The molecule has 2 aromatic carbocycles. The van der Waals surface area contributed by atoms with E-state index in [1.54, 1.807) is 0 Å². The first-order valence-corrected chi connectivity index (χ1v) is 4.42. The number of rotatable bonds is 1. The Kier molecular flexibility index (Phi) is 4.18. The van der Waals surface area contributed by atoms with Gasteiger partial charge in [-0.05, 0) is 23.3 Å². The molecule has 0 aliphatic heterocycles. The van der Waals surface area contributed by atoms with Crippen LogP contribution in [0.25, 0.3) is 16.3 Å². The minimum atomic E-state index is 0. The molecule has 0 amide bonds. The van der Waals surface area contributed by atoms with Crippen molar-refractivity contribution in [1.82, 2.24) is 0 Å². The van der Waals surface area contributed by atoms with Crippen LogP contribution in [0, 0.1) is 0 Å². The molecule has 0 atom stereocenters. The molecule has 0 saturated carbocycles. The summed E-state index contributed by atoms with van der Waals surface area (Å²) in [6.07, 6.45) is 0. The Hall–Kier alpha value is -0.300. The van der Waals surface area contributed by atoms with E-state index in [1.165, 1.54) is 16.3 Å². The van der Waals surface area contributed by atoms with Crippen LogP contribution in [-0.2, 0) is 0 Å². The molecule has 0 radical (unpaired) electrons. The Labute approximate surface area is 115 Å². The fourth-order valence-corrected chi connectivity index (χ4v) is 1.60. The van der Waals surface area contributed by atoms with Crippen LogP contribution in [0.5, 0.6) is 0 Å². The van der Waals surface area contributed by atoms with Crippen molar-refractivity contribution in [3.05, 3.63) is 54.6 Å². The monoisotopic (exact) mass is 210 g/mol. The number of allylic oxidation sites excluding steroid dienone is 1. The Morgan fingerprint density at radius 3 is 2.36 bits per heavy atom. The van der Waals surface area contributed by atoms with Gasteiger partial charge in [0.05, 0.1) is 0 Å². The second kappa shape index (κ2) is 4.97. The molecule has 0 saturated heterocycles.